The van der Waals surface area contributed by atoms with Crippen LogP contribution in [0.25, 0.3) is 16.9 Å². The molecule has 0 saturated carbocycles. The summed E-state index contributed by atoms with van der Waals surface area (Å²) in [5.41, 5.74) is 0.482. The molecule has 0 amide bonds. The number of aromatic nitrogens is 4. The van der Waals surface area contributed by atoms with Crippen molar-refractivity contribution in [3.8, 4) is 11.4 Å². The number of hydrogen-bond donors (Lipinski definition) is 0. The average Bonchev–Trinajstić information content (AvgIpc) is 3.27. The summed E-state index contributed by atoms with van der Waals surface area (Å²) in [7, 11) is 1.53. The molecule has 2 aromatic heterocycles. The van der Waals surface area contributed by atoms with E-state index < -0.39 is 23.3 Å². The molecule has 0 aliphatic carbocycles. The number of rotatable bonds is 7. The van der Waals surface area contributed by atoms with Gasteiger partial charge in [-0.05, 0) is 31.5 Å². The van der Waals surface area contributed by atoms with Crippen LogP contribution in [0.2, 0.25) is 0 Å². The van der Waals surface area contributed by atoms with Crippen molar-refractivity contribution in [2.24, 2.45) is 0 Å². The first-order valence-corrected chi connectivity index (χ1v) is 10.5. The summed E-state index contributed by atoms with van der Waals surface area (Å²) in [6.07, 6.45) is 1.39. The zero-order chi connectivity index (χ0) is 23.5. The van der Waals surface area contributed by atoms with Gasteiger partial charge in [-0.2, -0.15) is 0 Å². The Balaban J connectivity index is 2.02. The number of carbonyl (C=O) groups is 1. The van der Waals surface area contributed by atoms with E-state index >= 15 is 0 Å². The van der Waals surface area contributed by atoms with Crippen molar-refractivity contribution in [3.63, 3.8) is 0 Å². The topological polar surface area (TPSA) is 97.4 Å². The molecule has 0 bridgehead atoms. The fraction of sp³-hybridized carbons (Fsp3) is 0.250. The van der Waals surface area contributed by atoms with E-state index in [2.05, 4.69) is 4.98 Å². The van der Waals surface area contributed by atoms with Gasteiger partial charge in [0.05, 0.1) is 32.3 Å². The second-order valence-electron chi connectivity index (χ2n) is 7.45. The molecule has 9 heteroatoms. The lowest BCUT2D eigenvalue weighted by Gasteiger charge is -2.15. The maximum atomic E-state index is 13.6. The van der Waals surface area contributed by atoms with Crippen molar-refractivity contribution in [1.82, 2.24) is 18.7 Å². The molecular weight excluding hydrogens is 424 g/mol. The SMILES string of the molecule is CCOC(=O)[C@H](C)n1cnc2c1c(=O)n(Cc1ccccc1)c(=O)n2-c1cccc(OC)c1. The molecule has 170 valence electrons. The predicted octanol–water partition coefficient (Wildman–Crippen LogP) is 2.53. The smallest absolute Gasteiger partial charge is 0.337 e. The van der Waals surface area contributed by atoms with Crippen LogP contribution >= 0.6 is 0 Å². The number of methoxy groups -OCH3 is 1. The van der Waals surface area contributed by atoms with Crippen LogP contribution in [-0.2, 0) is 16.1 Å². The summed E-state index contributed by atoms with van der Waals surface area (Å²) in [5, 5.41) is 0. The van der Waals surface area contributed by atoms with Gasteiger partial charge >= 0.3 is 11.7 Å². The molecule has 0 N–H and O–H groups in total. The highest BCUT2D eigenvalue weighted by Crippen LogP contribution is 2.20. The van der Waals surface area contributed by atoms with Gasteiger partial charge in [-0.15, -0.1) is 0 Å². The van der Waals surface area contributed by atoms with Crippen LogP contribution in [-0.4, -0.2) is 38.4 Å². The summed E-state index contributed by atoms with van der Waals surface area (Å²) in [6.45, 7) is 3.62. The zero-order valence-electron chi connectivity index (χ0n) is 18.6. The Morgan fingerprint density at radius 3 is 2.55 bits per heavy atom. The number of imidazole rings is 1. The van der Waals surface area contributed by atoms with E-state index in [0.717, 1.165) is 10.1 Å². The Labute approximate surface area is 189 Å². The largest absolute Gasteiger partial charge is 0.497 e. The molecule has 0 saturated heterocycles. The molecule has 0 spiro atoms. The van der Waals surface area contributed by atoms with E-state index in [-0.39, 0.29) is 24.3 Å². The van der Waals surface area contributed by atoms with Gasteiger partial charge in [-0.3, -0.25) is 9.36 Å². The van der Waals surface area contributed by atoms with Crippen molar-refractivity contribution in [2.45, 2.75) is 26.4 Å². The van der Waals surface area contributed by atoms with Crippen LogP contribution in [0.5, 0.6) is 5.75 Å². The molecule has 1 atom stereocenters. The van der Waals surface area contributed by atoms with E-state index in [0.29, 0.717) is 11.4 Å². The Hall–Kier alpha value is -4.14. The normalized spacial score (nSPS) is 12.0. The van der Waals surface area contributed by atoms with E-state index in [1.165, 1.54) is 22.6 Å². The van der Waals surface area contributed by atoms with Gasteiger partial charge in [-0.1, -0.05) is 36.4 Å². The van der Waals surface area contributed by atoms with Gasteiger partial charge < -0.3 is 14.0 Å². The molecular formula is C24H24N4O5. The lowest BCUT2D eigenvalue weighted by atomic mass is 10.2. The highest BCUT2D eigenvalue weighted by Gasteiger charge is 2.25. The van der Waals surface area contributed by atoms with Crippen molar-refractivity contribution in [2.75, 3.05) is 13.7 Å². The van der Waals surface area contributed by atoms with Crippen LogP contribution in [0.4, 0.5) is 0 Å². The lowest BCUT2D eigenvalue weighted by molar-refractivity contribution is -0.146. The fourth-order valence-electron chi connectivity index (χ4n) is 3.70. The average molecular weight is 448 g/mol. The Morgan fingerprint density at radius 2 is 1.85 bits per heavy atom. The van der Waals surface area contributed by atoms with E-state index in [9.17, 15) is 14.4 Å². The highest BCUT2D eigenvalue weighted by molar-refractivity contribution is 5.79. The van der Waals surface area contributed by atoms with Crippen molar-refractivity contribution < 1.29 is 14.3 Å². The molecule has 0 aliphatic rings. The van der Waals surface area contributed by atoms with Gasteiger partial charge in [0.15, 0.2) is 11.2 Å². The molecule has 33 heavy (non-hydrogen) atoms. The molecule has 2 heterocycles. The Bertz CT molecular complexity index is 1420. The minimum atomic E-state index is -0.802. The van der Waals surface area contributed by atoms with Gasteiger partial charge in [0.2, 0.25) is 0 Å². The lowest BCUT2D eigenvalue weighted by Crippen LogP contribution is -2.40. The number of hydrogen-bond acceptors (Lipinski definition) is 6. The molecule has 2 aromatic carbocycles. The second-order valence-corrected chi connectivity index (χ2v) is 7.45. The monoisotopic (exact) mass is 448 g/mol. The van der Waals surface area contributed by atoms with Crippen molar-refractivity contribution >= 4 is 17.1 Å². The summed E-state index contributed by atoms with van der Waals surface area (Å²) in [4.78, 5) is 43.9. The third kappa shape index (κ3) is 4.05. The number of esters is 1. The molecule has 9 nitrogen and oxygen atoms in total. The van der Waals surface area contributed by atoms with Crippen LogP contribution in [0.3, 0.4) is 0 Å². The first-order chi connectivity index (χ1) is 16.0. The van der Waals surface area contributed by atoms with Crippen molar-refractivity contribution in [3.05, 3.63) is 87.3 Å². The van der Waals surface area contributed by atoms with Crippen molar-refractivity contribution in [1.29, 1.82) is 0 Å². The number of ether oxygens (including phenoxy) is 2. The van der Waals surface area contributed by atoms with Crippen LogP contribution in [0.1, 0.15) is 25.5 Å². The summed E-state index contributed by atoms with van der Waals surface area (Å²) in [6, 6.07) is 15.3. The molecule has 0 aliphatic heterocycles. The Morgan fingerprint density at radius 1 is 1.09 bits per heavy atom. The van der Waals surface area contributed by atoms with E-state index in [1.54, 1.807) is 38.1 Å². The first kappa shape index (κ1) is 22.1. The summed E-state index contributed by atoms with van der Waals surface area (Å²) < 4.78 is 14.4. The standard InChI is InChI=1S/C24H24N4O5/c1-4-33-23(30)16(2)27-15-25-21-20(27)22(29)26(14-17-9-6-5-7-10-17)24(31)28(21)18-11-8-12-19(13-18)32-3/h5-13,15-16H,4,14H2,1-3H3/t16-/m0/s1. The maximum absolute atomic E-state index is 13.6. The molecule has 0 unspecified atom stereocenters. The molecule has 0 radical (unpaired) electrons. The number of carbonyl (C=O) groups excluding carboxylic acids is 1. The number of benzene rings is 2. The number of fused-ring (bicyclic) bond motifs is 1. The minimum absolute atomic E-state index is 0.0668. The van der Waals surface area contributed by atoms with Gasteiger partial charge in [0.1, 0.15) is 11.8 Å². The fourth-order valence-corrected chi connectivity index (χ4v) is 3.70. The van der Waals surface area contributed by atoms with Gasteiger partial charge in [-0.25, -0.2) is 19.1 Å². The predicted molar refractivity (Wildman–Crippen MR) is 123 cm³/mol. The zero-order valence-corrected chi connectivity index (χ0v) is 18.6. The van der Waals surface area contributed by atoms with Gasteiger partial charge in [0.25, 0.3) is 5.56 Å². The second kappa shape index (κ2) is 9.15. The van der Waals surface area contributed by atoms with Gasteiger partial charge in [0, 0.05) is 6.07 Å². The third-order valence-electron chi connectivity index (χ3n) is 5.40. The Kier molecular flexibility index (Phi) is 6.12. The minimum Gasteiger partial charge on any atom is -0.497 e. The molecule has 0 fully saturated rings. The van der Waals surface area contributed by atoms with Crippen LogP contribution in [0.15, 0.2) is 70.5 Å². The van der Waals surface area contributed by atoms with E-state index in [1.807, 2.05) is 30.3 Å². The highest BCUT2D eigenvalue weighted by atomic mass is 16.5. The quantitative estimate of drug-likeness (QED) is 0.403. The van der Waals surface area contributed by atoms with Crippen LogP contribution in [0, 0.1) is 0 Å². The summed E-state index contributed by atoms with van der Waals surface area (Å²) >= 11 is 0. The maximum Gasteiger partial charge on any atom is 0.337 e. The number of nitrogens with zero attached hydrogens (tertiary/aromatic N) is 4. The third-order valence-corrected chi connectivity index (χ3v) is 5.40. The molecule has 4 rings (SSSR count). The van der Waals surface area contributed by atoms with E-state index in [4.69, 9.17) is 9.47 Å². The molecule has 4 aromatic rings. The summed E-state index contributed by atoms with van der Waals surface area (Å²) in [5.74, 6) is 0.0534. The van der Waals surface area contributed by atoms with Crippen LogP contribution < -0.4 is 16.0 Å². The first-order valence-electron chi connectivity index (χ1n) is 10.5.